The quantitative estimate of drug-likeness (QED) is 0.720. The Hall–Kier alpha value is -2.87. The van der Waals surface area contributed by atoms with Gasteiger partial charge in [0.15, 0.2) is 0 Å². The predicted octanol–water partition coefficient (Wildman–Crippen LogP) is 2.96. The molecule has 2 amide bonds. The zero-order chi connectivity index (χ0) is 19.1. The van der Waals surface area contributed by atoms with Gasteiger partial charge in [-0.15, -0.1) is 11.3 Å². The lowest BCUT2D eigenvalue weighted by molar-refractivity contribution is -0.130. The Labute approximate surface area is 160 Å². The number of amides is 2. The van der Waals surface area contributed by atoms with E-state index >= 15 is 0 Å². The minimum absolute atomic E-state index is 0.0761. The summed E-state index contributed by atoms with van der Waals surface area (Å²) >= 11 is 1.21. The van der Waals surface area contributed by atoms with Crippen LogP contribution in [0.25, 0.3) is 21.3 Å². The fourth-order valence-electron chi connectivity index (χ4n) is 3.68. The first-order valence-electron chi connectivity index (χ1n) is 8.76. The minimum Gasteiger partial charge on any atom is -0.472 e. The van der Waals surface area contributed by atoms with Crippen molar-refractivity contribution < 1.29 is 14.0 Å². The van der Waals surface area contributed by atoms with Gasteiger partial charge >= 0.3 is 0 Å². The molecule has 1 fully saturated rings. The van der Waals surface area contributed by atoms with Crippen molar-refractivity contribution in [3.63, 3.8) is 0 Å². The van der Waals surface area contributed by atoms with Gasteiger partial charge < -0.3 is 20.8 Å². The number of pyridine rings is 1. The smallest absolute Gasteiger partial charge is 0.260 e. The van der Waals surface area contributed by atoms with E-state index in [4.69, 9.17) is 20.9 Å². The summed E-state index contributed by atoms with van der Waals surface area (Å²) in [7, 11) is 0. The number of carbonyl (C=O) groups is 2. The van der Waals surface area contributed by atoms with E-state index in [1.54, 1.807) is 19.5 Å². The van der Waals surface area contributed by atoms with E-state index in [9.17, 15) is 9.59 Å². The van der Waals surface area contributed by atoms with Crippen molar-refractivity contribution in [3.8, 4) is 11.1 Å². The lowest BCUT2D eigenvalue weighted by Crippen LogP contribution is -2.37. The van der Waals surface area contributed by atoms with Crippen molar-refractivity contribution in [3.05, 3.63) is 35.2 Å². The fraction of sp³-hybridized carbons (Fsp3) is 0.316. The minimum atomic E-state index is -0.560. The third-order valence-electron chi connectivity index (χ3n) is 5.06. The van der Waals surface area contributed by atoms with E-state index in [0.717, 1.165) is 41.6 Å². The van der Waals surface area contributed by atoms with Crippen molar-refractivity contribution in [1.29, 1.82) is 0 Å². The number of furan rings is 1. The summed E-state index contributed by atoms with van der Waals surface area (Å²) < 4.78 is 5.24. The molecule has 1 unspecified atom stereocenters. The van der Waals surface area contributed by atoms with Crippen LogP contribution in [0.2, 0.25) is 0 Å². The average Bonchev–Trinajstić information content (AvgIpc) is 3.29. The summed E-state index contributed by atoms with van der Waals surface area (Å²) in [5.74, 6) is -0.346. The summed E-state index contributed by atoms with van der Waals surface area (Å²) in [5, 5.41) is 0.721. The Morgan fingerprint density at radius 3 is 2.89 bits per heavy atom. The van der Waals surface area contributed by atoms with E-state index in [1.807, 2.05) is 17.0 Å². The third-order valence-corrected chi connectivity index (χ3v) is 6.17. The Balaban J connectivity index is 1.88. The molecule has 7 nitrogen and oxygen atoms in total. The van der Waals surface area contributed by atoms with Crippen molar-refractivity contribution in [2.75, 3.05) is 18.8 Å². The number of aromatic nitrogens is 1. The van der Waals surface area contributed by atoms with Gasteiger partial charge in [0.05, 0.1) is 18.2 Å². The molecule has 8 heteroatoms. The summed E-state index contributed by atoms with van der Waals surface area (Å²) in [6.45, 7) is 3.01. The maximum Gasteiger partial charge on any atom is 0.260 e. The van der Waals surface area contributed by atoms with E-state index < -0.39 is 5.91 Å². The molecule has 0 aliphatic carbocycles. The third kappa shape index (κ3) is 3.06. The Kier molecular flexibility index (Phi) is 4.35. The highest BCUT2D eigenvalue weighted by molar-refractivity contribution is 7.21. The number of nitrogen functional groups attached to an aromatic ring is 1. The highest BCUT2D eigenvalue weighted by Gasteiger charge is 2.27. The Morgan fingerprint density at radius 1 is 1.41 bits per heavy atom. The van der Waals surface area contributed by atoms with E-state index in [1.165, 1.54) is 11.3 Å². The van der Waals surface area contributed by atoms with E-state index in [0.29, 0.717) is 21.9 Å². The molecular formula is C19H20N4O3S. The number of hydrogen-bond donors (Lipinski definition) is 2. The van der Waals surface area contributed by atoms with Crippen LogP contribution >= 0.6 is 11.3 Å². The van der Waals surface area contributed by atoms with Crippen LogP contribution in [0.1, 0.15) is 41.0 Å². The van der Waals surface area contributed by atoms with Gasteiger partial charge in [0, 0.05) is 42.6 Å². The normalized spacial score (nSPS) is 17.4. The molecule has 1 atom stereocenters. The second-order valence-electron chi connectivity index (χ2n) is 6.80. The monoisotopic (exact) mass is 384 g/mol. The maximum atomic E-state index is 11.8. The molecule has 4 rings (SSSR count). The molecule has 27 heavy (non-hydrogen) atoms. The van der Waals surface area contributed by atoms with E-state index in [-0.39, 0.29) is 11.8 Å². The van der Waals surface area contributed by atoms with Gasteiger partial charge in [-0.25, -0.2) is 4.98 Å². The molecule has 3 aromatic heterocycles. The van der Waals surface area contributed by atoms with Crippen LogP contribution < -0.4 is 11.5 Å². The number of fused-ring (bicyclic) bond motifs is 1. The average molecular weight is 384 g/mol. The number of nitrogens with zero attached hydrogens (tertiary/aromatic N) is 2. The van der Waals surface area contributed by atoms with Crippen LogP contribution in [-0.2, 0) is 4.79 Å². The number of nitrogens with two attached hydrogens (primary N) is 2. The first-order chi connectivity index (χ1) is 13.0. The van der Waals surface area contributed by atoms with Crippen LogP contribution in [0.15, 0.2) is 29.1 Å². The number of likely N-dealkylation sites (tertiary alicyclic amines) is 1. The molecule has 4 heterocycles. The van der Waals surface area contributed by atoms with E-state index in [2.05, 4.69) is 0 Å². The molecule has 3 aromatic rings. The first kappa shape index (κ1) is 17.5. The number of thiophene rings is 1. The molecule has 1 aliphatic rings. The zero-order valence-corrected chi connectivity index (χ0v) is 15.7. The van der Waals surface area contributed by atoms with Crippen molar-refractivity contribution in [1.82, 2.24) is 9.88 Å². The Morgan fingerprint density at radius 2 is 2.22 bits per heavy atom. The van der Waals surface area contributed by atoms with Crippen LogP contribution in [0.5, 0.6) is 0 Å². The standard InChI is InChI=1S/C19H20N4O3S/c1-10(24)23-5-2-3-11(8-23)14-7-13(12-4-6-26-9-12)15-16(20)17(18(21)25)27-19(15)22-14/h4,6-7,9,11H,2-3,5,8,20H2,1H3,(H2,21,25). The van der Waals surface area contributed by atoms with Gasteiger partial charge in [-0.2, -0.15) is 0 Å². The van der Waals surface area contributed by atoms with Crippen molar-refractivity contribution in [2.24, 2.45) is 5.73 Å². The molecule has 0 spiro atoms. The van der Waals surface area contributed by atoms with Gasteiger partial charge in [0.25, 0.3) is 5.91 Å². The highest BCUT2D eigenvalue weighted by Crippen LogP contribution is 2.41. The van der Waals surface area contributed by atoms with Crippen LogP contribution in [0.4, 0.5) is 5.69 Å². The predicted molar refractivity (Wildman–Crippen MR) is 104 cm³/mol. The molecule has 0 aromatic carbocycles. The summed E-state index contributed by atoms with van der Waals surface area (Å²) in [4.78, 5) is 31.2. The molecule has 140 valence electrons. The van der Waals surface area contributed by atoms with Gasteiger partial charge in [0.2, 0.25) is 5.91 Å². The zero-order valence-electron chi connectivity index (χ0n) is 14.9. The highest BCUT2D eigenvalue weighted by atomic mass is 32.1. The van der Waals surface area contributed by atoms with Gasteiger partial charge in [-0.05, 0) is 30.5 Å². The van der Waals surface area contributed by atoms with Gasteiger partial charge in [0.1, 0.15) is 9.71 Å². The largest absolute Gasteiger partial charge is 0.472 e. The topological polar surface area (TPSA) is 115 Å². The van der Waals surface area contributed by atoms with Crippen molar-refractivity contribution >= 4 is 39.1 Å². The lowest BCUT2D eigenvalue weighted by Gasteiger charge is -2.32. The molecule has 1 saturated heterocycles. The van der Waals surface area contributed by atoms with Gasteiger partial charge in [-0.3, -0.25) is 9.59 Å². The number of hydrogen-bond acceptors (Lipinski definition) is 6. The summed E-state index contributed by atoms with van der Waals surface area (Å²) in [6.07, 6.45) is 5.13. The number of carbonyl (C=O) groups excluding carboxylic acids is 2. The molecule has 0 bridgehead atoms. The van der Waals surface area contributed by atoms with Gasteiger partial charge in [-0.1, -0.05) is 0 Å². The van der Waals surface area contributed by atoms with Crippen LogP contribution in [0, 0.1) is 0 Å². The van der Waals surface area contributed by atoms with Crippen LogP contribution in [-0.4, -0.2) is 34.8 Å². The molecule has 4 N–H and O–H groups in total. The fourth-order valence-corrected chi connectivity index (χ4v) is 4.66. The second kappa shape index (κ2) is 6.70. The summed E-state index contributed by atoms with van der Waals surface area (Å²) in [6, 6.07) is 3.84. The second-order valence-corrected chi connectivity index (χ2v) is 7.80. The number of piperidine rings is 1. The lowest BCUT2D eigenvalue weighted by atomic mass is 9.92. The molecule has 0 radical (unpaired) electrons. The van der Waals surface area contributed by atoms with Crippen LogP contribution in [0.3, 0.4) is 0 Å². The maximum absolute atomic E-state index is 11.8. The summed E-state index contributed by atoms with van der Waals surface area (Å²) in [5.41, 5.74) is 14.7. The SMILES string of the molecule is CC(=O)N1CCCC(c2cc(-c3ccoc3)c3c(N)c(C(N)=O)sc3n2)C1. The number of primary amides is 1. The molecular weight excluding hydrogens is 364 g/mol. The van der Waals surface area contributed by atoms with Crippen molar-refractivity contribution in [2.45, 2.75) is 25.7 Å². The molecule has 1 aliphatic heterocycles. The first-order valence-corrected chi connectivity index (χ1v) is 9.58. The molecule has 0 saturated carbocycles. The number of anilines is 1. The number of rotatable bonds is 3. The Bertz CT molecular complexity index is 1030.